The van der Waals surface area contributed by atoms with Crippen molar-refractivity contribution in [2.45, 2.75) is 6.18 Å². The highest BCUT2D eigenvalue weighted by Crippen LogP contribution is 2.49. The average molecular weight is 591 g/mol. The van der Waals surface area contributed by atoms with Gasteiger partial charge in [-0.25, -0.2) is 4.98 Å². The summed E-state index contributed by atoms with van der Waals surface area (Å²) in [5.41, 5.74) is 2.73. The highest BCUT2D eigenvalue weighted by molar-refractivity contribution is 6.26. The molecule has 0 amide bonds. The van der Waals surface area contributed by atoms with Crippen LogP contribution in [0, 0.1) is 0 Å². The Morgan fingerprint density at radius 2 is 1.00 bits per heavy atom. The van der Waals surface area contributed by atoms with E-state index in [1.807, 2.05) is 71.6 Å². The molecule has 8 aromatic rings. The molecule has 2 nitrogen and oxygen atoms in total. The van der Waals surface area contributed by atoms with Crippen LogP contribution >= 0.6 is 0 Å². The maximum Gasteiger partial charge on any atom is 0.433 e. The monoisotopic (exact) mass is 590 g/mol. The van der Waals surface area contributed by atoms with Crippen molar-refractivity contribution in [3.63, 3.8) is 0 Å². The Hall–Kier alpha value is -5.68. The third-order valence-corrected chi connectivity index (χ3v) is 8.43. The molecule has 0 saturated heterocycles. The summed E-state index contributed by atoms with van der Waals surface area (Å²) in [4.78, 5) is 6.02. The SMILES string of the molecule is FC(F)(F)c1cccc(N(c2ccccc2)c2c3ccccc3c(-c3cc4ccccc4c4ccccc34)c3ccccc23)n1. The molecule has 5 heteroatoms. The number of nitrogens with zero attached hydrogens (tertiary/aromatic N) is 2. The van der Waals surface area contributed by atoms with E-state index < -0.39 is 11.9 Å². The van der Waals surface area contributed by atoms with Crippen LogP contribution in [-0.2, 0) is 6.18 Å². The van der Waals surface area contributed by atoms with E-state index >= 15 is 0 Å². The number of benzene rings is 7. The summed E-state index contributed by atoms with van der Waals surface area (Å²) in [5, 5.41) is 8.45. The van der Waals surface area contributed by atoms with Crippen LogP contribution in [0.2, 0.25) is 0 Å². The first-order valence-corrected chi connectivity index (χ1v) is 14.7. The number of pyridine rings is 1. The van der Waals surface area contributed by atoms with E-state index in [-0.39, 0.29) is 5.82 Å². The van der Waals surface area contributed by atoms with Gasteiger partial charge in [-0.2, -0.15) is 13.2 Å². The maximum absolute atomic E-state index is 13.9. The fourth-order valence-corrected chi connectivity index (χ4v) is 6.56. The minimum absolute atomic E-state index is 0.190. The number of hydrogen-bond donors (Lipinski definition) is 0. The number of fused-ring (bicyclic) bond motifs is 5. The molecule has 0 unspecified atom stereocenters. The molecule has 0 atom stereocenters. The molecule has 0 fully saturated rings. The van der Waals surface area contributed by atoms with Crippen molar-refractivity contribution in [3.8, 4) is 11.1 Å². The van der Waals surface area contributed by atoms with Gasteiger partial charge in [0.05, 0.1) is 5.69 Å². The van der Waals surface area contributed by atoms with Crippen LogP contribution in [0.5, 0.6) is 0 Å². The number of alkyl halides is 3. The average Bonchev–Trinajstić information content (AvgIpc) is 3.08. The van der Waals surface area contributed by atoms with Gasteiger partial charge in [-0.1, -0.05) is 121 Å². The van der Waals surface area contributed by atoms with E-state index in [4.69, 9.17) is 0 Å². The van der Waals surface area contributed by atoms with Gasteiger partial charge in [-0.05, 0) is 73.8 Å². The van der Waals surface area contributed by atoms with Gasteiger partial charge in [-0.3, -0.25) is 4.90 Å². The van der Waals surface area contributed by atoms with Gasteiger partial charge in [0.25, 0.3) is 0 Å². The van der Waals surface area contributed by atoms with E-state index in [0.717, 1.165) is 55.2 Å². The lowest BCUT2D eigenvalue weighted by Gasteiger charge is -2.29. The number of aromatic nitrogens is 1. The Labute approximate surface area is 257 Å². The lowest BCUT2D eigenvalue weighted by molar-refractivity contribution is -0.141. The second kappa shape index (κ2) is 10.5. The molecule has 0 radical (unpaired) electrons. The Kier molecular flexibility index (Phi) is 6.27. The van der Waals surface area contributed by atoms with E-state index in [9.17, 15) is 13.2 Å². The van der Waals surface area contributed by atoms with Crippen LogP contribution in [0.3, 0.4) is 0 Å². The van der Waals surface area contributed by atoms with Crippen LogP contribution < -0.4 is 4.90 Å². The second-order valence-corrected chi connectivity index (χ2v) is 11.1. The summed E-state index contributed by atoms with van der Waals surface area (Å²) in [6.07, 6.45) is -4.58. The van der Waals surface area contributed by atoms with Gasteiger partial charge < -0.3 is 0 Å². The standard InChI is InChI=1S/C40H25F3N2/c41-40(42,43)36-23-12-24-37(44-36)45(27-14-2-1-3-15-27)39-33-21-10-8-19-31(33)38(32-20-9-11-22-34(32)39)35-25-26-13-4-5-16-28(26)29-17-6-7-18-30(29)35/h1-25H. The molecule has 0 spiro atoms. The summed E-state index contributed by atoms with van der Waals surface area (Å²) in [6.45, 7) is 0. The van der Waals surface area contributed by atoms with Crippen molar-refractivity contribution >= 4 is 60.3 Å². The molecule has 7 aromatic carbocycles. The Balaban J connectivity index is 1.52. The molecular weight excluding hydrogens is 565 g/mol. The van der Waals surface area contributed by atoms with Gasteiger partial charge in [0.1, 0.15) is 11.5 Å². The van der Waals surface area contributed by atoms with Crippen molar-refractivity contribution in [2.75, 3.05) is 4.90 Å². The predicted molar refractivity (Wildman–Crippen MR) is 179 cm³/mol. The van der Waals surface area contributed by atoms with Crippen LogP contribution in [0.1, 0.15) is 5.69 Å². The lowest BCUT2D eigenvalue weighted by atomic mass is 9.86. The fraction of sp³-hybridized carbons (Fsp3) is 0.0250. The maximum atomic E-state index is 13.9. The number of hydrogen-bond acceptors (Lipinski definition) is 2. The number of rotatable bonds is 4. The highest BCUT2D eigenvalue weighted by atomic mass is 19.4. The molecule has 1 aromatic heterocycles. The number of para-hydroxylation sites is 1. The van der Waals surface area contributed by atoms with Crippen molar-refractivity contribution in [1.82, 2.24) is 4.98 Å². The Morgan fingerprint density at radius 3 is 1.64 bits per heavy atom. The molecule has 0 aliphatic carbocycles. The van der Waals surface area contributed by atoms with Crippen LogP contribution in [0.25, 0.3) is 54.2 Å². The molecule has 216 valence electrons. The van der Waals surface area contributed by atoms with Crippen molar-refractivity contribution < 1.29 is 13.2 Å². The van der Waals surface area contributed by atoms with E-state index in [1.54, 1.807) is 6.07 Å². The van der Waals surface area contributed by atoms with Crippen LogP contribution in [0.15, 0.2) is 152 Å². The third kappa shape index (κ3) is 4.47. The minimum Gasteiger partial charge on any atom is -0.294 e. The molecular formula is C40H25F3N2. The predicted octanol–water partition coefficient (Wildman–Crippen LogP) is 11.8. The number of halogens is 3. The van der Waals surface area contributed by atoms with Gasteiger partial charge in [0, 0.05) is 16.5 Å². The quantitative estimate of drug-likeness (QED) is 0.150. The summed E-state index contributed by atoms with van der Waals surface area (Å²) in [5.74, 6) is 0.190. The Morgan fingerprint density at radius 1 is 0.467 bits per heavy atom. The first kappa shape index (κ1) is 26.9. The Bertz CT molecular complexity index is 2320. The molecule has 0 bridgehead atoms. The molecule has 0 aliphatic rings. The van der Waals surface area contributed by atoms with E-state index in [1.165, 1.54) is 16.8 Å². The van der Waals surface area contributed by atoms with Gasteiger partial charge in [0.15, 0.2) is 0 Å². The largest absolute Gasteiger partial charge is 0.433 e. The van der Waals surface area contributed by atoms with Crippen LogP contribution in [-0.4, -0.2) is 4.98 Å². The van der Waals surface area contributed by atoms with Gasteiger partial charge in [-0.15, -0.1) is 0 Å². The molecule has 1 heterocycles. The summed E-state index contributed by atoms with van der Waals surface area (Å²) in [6, 6.07) is 49.0. The van der Waals surface area contributed by atoms with Gasteiger partial charge >= 0.3 is 6.18 Å². The first-order chi connectivity index (χ1) is 22.0. The summed E-state index contributed by atoms with van der Waals surface area (Å²) in [7, 11) is 0. The van der Waals surface area contributed by atoms with E-state index in [2.05, 4.69) is 71.7 Å². The lowest BCUT2D eigenvalue weighted by Crippen LogP contribution is -2.16. The summed E-state index contributed by atoms with van der Waals surface area (Å²) < 4.78 is 41.8. The molecule has 0 N–H and O–H groups in total. The zero-order valence-corrected chi connectivity index (χ0v) is 24.0. The fourth-order valence-electron chi connectivity index (χ4n) is 6.56. The molecule has 0 saturated carbocycles. The molecule has 45 heavy (non-hydrogen) atoms. The smallest absolute Gasteiger partial charge is 0.294 e. The van der Waals surface area contributed by atoms with Crippen molar-refractivity contribution in [2.24, 2.45) is 0 Å². The topological polar surface area (TPSA) is 16.1 Å². The minimum atomic E-state index is -4.58. The zero-order chi connectivity index (χ0) is 30.5. The number of anilines is 3. The van der Waals surface area contributed by atoms with Gasteiger partial charge in [0.2, 0.25) is 0 Å². The van der Waals surface area contributed by atoms with E-state index in [0.29, 0.717) is 5.69 Å². The zero-order valence-electron chi connectivity index (χ0n) is 24.0. The highest BCUT2D eigenvalue weighted by Gasteiger charge is 2.33. The van der Waals surface area contributed by atoms with Crippen molar-refractivity contribution in [3.05, 3.63) is 157 Å². The molecule has 0 aliphatic heterocycles. The second-order valence-electron chi connectivity index (χ2n) is 11.1. The van der Waals surface area contributed by atoms with Crippen molar-refractivity contribution in [1.29, 1.82) is 0 Å². The first-order valence-electron chi connectivity index (χ1n) is 14.7. The molecule has 8 rings (SSSR count). The third-order valence-electron chi connectivity index (χ3n) is 8.43. The summed E-state index contributed by atoms with van der Waals surface area (Å²) >= 11 is 0. The van der Waals surface area contributed by atoms with Crippen LogP contribution in [0.4, 0.5) is 30.4 Å². The normalized spacial score (nSPS) is 11.9.